The molecule has 0 spiro atoms. The highest BCUT2D eigenvalue weighted by Crippen LogP contribution is 2.14. The van der Waals surface area contributed by atoms with Gasteiger partial charge in [0.1, 0.15) is 0 Å². The fraction of sp³-hybridized carbons (Fsp3) is 0.308. The lowest BCUT2D eigenvalue weighted by Gasteiger charge is -2.07. The molecule has 0 aliphatic rings. The Labute approximate surface area is 98.6 Å². The number of ether oxygens (including phenoxy) is 1. The van der Waals surface area contributed by atoms with Crippen LogP contribution in [0.3, 0.4) is 0 Å². The quantitative estimate of drug-likeness (QED) is 0.584. The molecule has 0 aromatic heterocycles. The monoisotopic (exact) mass is 238 g/mol. The number of hydrogen-bond acceptors (Lipinski definition) is 2. The summed E-state index contributed by atoms with van der Waals surface area (Å²) in [5, 5.41) is 0. The van der Waals surface area contributed by atoms with E-state index in [4.69, 9.17) is 0 Å². The van der Waals surface area contributed by atoms with Crippen LogP contribution in [0.25, 0.3) is 0 Å². The minimum absolute atomic E-state index is 0.0966. The van der Waals surface area contributed by atoms with E-state index >= 15 is 0 Å². The SMILES string of the molecule is CCOC(=O)C(F)(F)C#Cc1ccc(C)cc1. The van der Waals surface area contributed by atoms with Gasteiger partial charge in [0.15, 0.2) is 0 Å². The van der Waals surface area contributed by atoms with Gasteiger partial charge in [-0.25, -0.2) is 4.79 Å². The van der Waals surface area contributed by atoms with E-state index in [9.17, 15) is 13.6 Å². The fourth-order valence-corrected chi connectivity index (χ4v) is 1.06. The molecule has 0 amide bonds. The fourth-order valence-electron chi connectivity index (χ4n) is 1.06. The van der Waals surface area contributed by atoms with Crippen molar-refractivity contribution in [3.8, 4) is 11.8 Å². The molecule has 0 heterocycles. The normalized spacial score (nSPS) is 10.4. The number of carbonyl (C=O) groups excluding carboxylic acids is 1. The van der Waals surface area contributed by atoms with Crippen LogP contribution in [0.4, 0.5) is 8.78 Å². The summed E-state index contributed by atoms with van der Waals surface area (Å²) in [5.41, 5.74) is 1.44. The zero-order valence-electron chi connectivity index (χ0n) is 9.59. The molecule has 0 atom stereocenters. The molecule has 0 bridgehead atoms. The van der Waals surface area contributed by atoms with Crippen molar-refractivity contribution in [2.45, 2.75) is 19.8 Å². The first-order chi connectivity index (χ1) is 7.95. The molecule has 90 valence electrons. The maximum absolute atomic E-state index is 13.1. The smallest absolute Gasteiger partial charge is 0.403 e. The van der Waals surface area contributed by atoms with Crippen molar-refractivity contribution in [3.63, 3.8) is 0 Å². The second kappa shape index (κ2) is 5.44. The first kappa shape index (κ1) is 13.2. The Morgan fingerprint density at radius 3 is 2.47 bits per heavy atom. The summed E-state index contributed by atoms with van der Waals surface area (Å²) >= 11 is 0. The number of aryl methyl sites for hydroxylation is 1. The second-order valence-corrected chi connectivity index (χ2v) is 3.41. The lowest BCUT2D eigenvalue weighted by molar-refractivity contribution is -0.163. The van der Waals surface area contributed by atoms with Crippen molar-refractivity contribution >= 4 is 5.97 Å². The summed E-state index contributed by atoms with van der Waals surface area (Å²) in [6, 6.07) is 6.74. The molecule has 0 N–H and O–H groups in total. The van der Waals surface area contributed by atoms with E-state index in [0.29, 0.717) is 5.56 Å². The number of halogens is 2. The Hall–Kier alpha value is -1.89. The topological polar surface area (TPSA) is 26.3 Å². The molecule has 0 saturated carbocycles. The number of alkyl halides is 2. The van der Waals surface area contributed by atoms with Crippen LogP contribution in [0.15, 0.2) is 24.3 Å². The number of benzene rings is 1. The number of hydrogen-bond donors (Lipinski definition) is 0. The Morgan fingerprint density at radius 2 is 1.94 bits per heavy atom. The zero-order chi connectivity index (χ0) is 12.9. The van der Waals surface area contributed by atoms with Gasteiger partial charge in [0.2, 0.25) is 0 Å². The van der Waals surface area contributed by atoms with Gasteiger partial charge in [-0.3, -0.25) is 0 Å². The first-order valence-corrected chi connectivity index (χ1v) is 5.10. The summed E-state index contributed by atoms with van der Waals surface area (Å²) in [7, 11) is 0. The molecule has 0 aliphatic carbocycles. The Balaban J connectivity index is 2.83. The van der Waals surface area contributed by atoms with Crippen LogP contribution in [0.5, 0.6) is 0 Å². The maximum Gasteiger partial charge on any atom is 0.403 e. The van der Waals surface area contributed by atoms with E-state index in [1.807, 2.05) is 6.92 Å². The van der Waals surface area contributed by atoms with Gasteiger partial charge in [-0.05, 0) is 31.9 Å². The van der Waals surface area contributed by atoms with Gasteiger partial charge in [0.05, 0.1) is 6.61 Å². The van der Waals surface area contributed by atoms with Crippen LogP contribution >= 0.6 is 0 Å². The van der Waals surface area contributed by atoms with Gasteiger partial charge in [0, 0.05) is 5.56 Å². The summed E-state index contributed by atoms with van der Waals surface area (Å²) in [5.74, 6) is -1.50. The van der Waals surface area contributed by atoms with E-state index in [1.54, 1.807) is 30.2 Å². The highest BCUT2D eigenvalue weighted by molar-refractivity contribution is 5.81. The average Bonchev–Trinajstić information content (AvgIpc) is 2.29. The van der Waals surface area contributed by atoms with Crippen molar-refractivity contribution in [1.29, 1.82) is 0 Å². The average molecular weight is 238 g/mol. The van der Waals surface area contributed by atoms with Gasteiger partial charge >= 0.3 is 11.9 Å². The van der Waals surface area contributed by atoms with Crippen LogP contribution in [0.2, 0.25) is 0 Å². The molecule has 0 fully saturated rings. The van der Waals surface area contributed by atoms with E-state index in [1.165, 1.54) is 6.92 Å². The molecular formula is C13H12F2O2. The minimum Gasteiger partial charge on any atom is -0.461 e. The van der Waals surface area contributed by atoms with Gasteiger partial charge in [-0.15, -0.1) is 0 Å². The van der Waals surface area contributed by atoms with Gasteiger partial charge in [-0.2, -0.15) is 8.78 Å². The van der Waals surface area contributed by atoms with Gasteiger partial charge < -0.3 is 4.74 Å². The van der Waals surface area contributed by atoms with Crippen molar-refractivity contribution in [1.82, 2.24) is 0 Å². The molecule has 0 saturated heterocycles. The molecule has 1 rings (SSSR count). The molecular weight excluding hydrogens is 226 g/mol. The van der Waals surface area contributed by atoms with Crippen molar-refractivity contribution in [2.75, 3.05) is 6.61 Å². The molecule has 1 aromatic carbocycles. The van der Waals surface area contributed by atoms with Gasteiger partial charge in [-0.1, -0.05) is 23.6 Å². The predicted molar refractivity (Wildman–Crippen MR) is 59.6 cm³/mol. The zero-order valence-corrected chi connectivity index (χ0v) is 9.59. The first-order valence-electron chi connectivity index (χ1n) is 5.10. The predicted octanol–water partition coefficient (Wildman–Crippen LogP) is 2.54. The number of rotatable bonds is 2. The van der Waals surface area contributed by atoms with E-state index < -0.39 is 11.9 Å². The summed E-state index contributed by atoms with van der Waals surface area (Å²) in [6.07, 6.45) is 0. The summed E-state index contributed by atoms with van der Waals surface area (Å²) in [4.78, 5) is 10.9. The third-order valence-electron chi connectivity index (χ3n) is 1.95. The lowest BCUT2D eigenvalue weighted by atomic mass is 10.1. The largest absolute Gasteiger partial charge is 0.461 e. The molecule has 1 aromatic rings. The molecule has 0 radical (unpaired) electrons. The highest BCUT2D eigenvalue weighted by atomic mass is 19.3. The molecule has 2 nitrogen and oxygen atoms in total. The number of esters is 1. The van der Waals surface area contributed by atoms with Gasteiger partial charge in [0.25, 0.3) is 0 Å². The maximum atomic E-state index is 13.1. The summed E-state index contributed by atoms with van der Waals surface area (Å²) in [6.45, 7) is 3.24. The Kier molecular flexibility index (Phi) is 4.22. The molecule has 0 unspecified atom stereocenters. The van der Waals surface area contributed by atoms with E-state index in [0.717, 1.165) is 5.56 Å². The Bertz CT molecular complexity index is 453. The minimum atomic E-state index is -3.76. The molecule has 17 heavy (non-hydrogen) atoms. The standard InChI is InChI=1S/C13H12F2O2/c1-3-17-12(16)13(14,15)9-8-11-6-4-10(2)5-7-11/h4-7H,3H2,1-2H3. The van der Waals surface area contributed by atoms with Crippen LogP contribution in [0.1, 0.15) is 18.1 Å². The van der Waals surface area contributed by atoms with Crippen molar-refractivity contribution in [3.05, 3.63) is 35.4 Å². The van der Waals surface area contributed by atoms with E-state index in [2.05, 4.69) is 10.7 Å². The molecule has 0 aliphatic heterocycles. The second-order valence-electron chi connectivity index (χ2n) is 3.41. The lowest BCUT2D eigenvalue weighted by Crippen LogP contribution is -2.29. The van der Waals surface area contributed by atoms with E-state index in [-0.39, 0.29) is 6.61 Å². The third kappa shape index (κ3) is 3.87. The van der Waals surface area contributed by atoms with Crippen molar-refractivity contribution < 1.29 is 18.3 Å². The van der Waals surface area contributed by atoms with Crippen molar-refractivity contribution in [2.24, 2.45) is 0 Å². The number of carbonyl (C=O) groups is 1. The van der Waals surface area contributed by atoms with Crippen LogP contribution in [0, 0.1) is 18.8 Å². The summed E-state index contributed by atoms with van der Waals surface area (Å²) < 4.78 is 30.5. The Morgan fingerprint density at radius 1 is 1.35 bits per heavy atom. The molecule has 4 heteroatoms. The van der Waals surface area contributed by atoms with Crippen LogP contribution in [-0.4, -0.2) is 18.5 Å². The van der Waals surface area contributed by atoms with Crippen LogP contribution in [-0.2, 0) is 9.53 Å². The highest BCUT2D eigenvalue weighted by Gasteiger charge is 2.38. The van der Waals surface area contributed by atoms with Crippen LogP contribution < -0.4 is 0 Å². The third-order valence-corrected chi connectivity index (χ3v) is 1.95.